The lowest BCUT2D eigenvalue weighted by atomic mass is 10.2. The summed E-state index contributed by atoms with van der Waals surface area (Å²) >= 11 is 0. The van der Waals surface area contributed by atoms with Crippen LogP contribution in [-0.2, 0) is 14.3 Å². The van der Waals surface area contributed by atoms with Gasteiger partial charge in [0.2, 0.25) is 0 Å². The van der Waals surface area contributed by atoms with Crippen molar-refractivity contribution in [3.63, 3.8) is 0 Å². The second-order valence-electron chi connectivity index (χ2n) is 4.70. The molecule has 0 saturated carbocycles. The molecule has 0 atom stereocenters. The van der Waals surface area contributed by atoms with Crippen LogP contribution in [0.15, 0.2) is 24.3 Å². The summed E-state index contributed by atoms with van der Waals surface area (Å²) in [6.45, 7) is 2.42. The van der Waals surface area contributed by atoms with Gasteiger partial charge in [-0.2, -0.15) is 0 Å². The lowest BCUT2D eigenvalue weighted by molar-refractivity contribution is -0.152. The van der Waals surface area contributed by atoms with Crippen LogP contribution < -0.4 is 10.1 Å². The van der Waals surface area contributed by atoms with Crippen LogP contribution in [0, 0.1) is 0 Å². The van der Waals surface area contributed by atoms with Crippen molar-refractivity contribution < 1.29 is 19.1 Å². The van der Waals surface area contributed by atoms with Crippen molar-refractivity contribution in [2.24, 2.45) is 0 Å². The maximum atomic E-state index is 11.7. The van der Waals surface area contributed by atoms with E-state index in [1.165, 1.54) is 20.0 Å². The van der Waals surface area contributed by atoms with E-state index >= 15 is 0 Å². The fourth-order valence-electron chi connectivity index (χ4n) is 1.86. The summed E-state index contributed by atoms with van der Waals surface area (Å²) < 4.78 is 10.0. The van der Waals surface area contributed by atoms with E-state index in [0.717, 1.165) is 19.3 Å². The fraction of sp³-hybridized carbons (Fsp3) is 0.500. The lowest BCUT2D eigenvalue weighted by Gasteiger charge is -2.09. The van der Waals surface area contributed by atoms with E-state index in [0.29, 0.717) is 11.4 Å². The van der Waals surface area contributed by atoms with Crippen LogP contribution in [-0.4, -0.2) is 25.6 Å². The highest BCUT2D eigenvalue weighted by Crippen LogP contribution is 2.22. The Hall–Kier alpha value is -2.04. The molecule has 1 aromatic carbocycles. The van der Waals surface area contributed by atoms with Crippen molar-refractivity contribution in [3.8, 4) is 5.75 Å². The van der Waals surface area contributed by atoms with E-state index in [1.807, 2.05) is 0 Å². The molecule has 1 amide bonds. The first-order valence-corrected chi connectivity index (χ1v) is 7.30. The van der Waals surface area contributed by atoms with Crippen molar-refractivity contribution >= 4 is 17.6 Å². The zero-order valence-corrected chi connectivity index (χ0v) is 12.7. The molecule has 0 aliphatic carbocycles. The van der Waals surface area contributed by atoms with E-state index < -0.39 is 11.9 Å². The highest BCUT2D eigenvalue weighted by atomic mass is 16.5. The Morgan fingerprint density at radius 3 is 2.52 bits per heavy atom. The summed E-state index contributed by atoms with van der Waals surface area (Å²) in [5.74, 6) is -1.15. The molecule has 0 fully saturated rings. The number of hydrogen-bond donors (Lipinski definition) is 1. The van der Waals surface area contributed by atoms with E-state index in [9.17, 15) is 9.59 Å². The standard InChI is InChI=1S/C16H23NO4/c1-3-4-5-6-9-12-21-16(19)15(18)17-13-10-7-8-11-14(13)20-2/h7-8,10-11H,3-6,9,12H2,1-2H3,(H,17,18). The fourth-order valence-corrected chi connectivity index (χ4v) is 1.86. The normalized spacial score (nSPS) is 10.0. The Bertz CT molecular complexity index is 459. The smallest absolute Gasteiger partial charge is 0.397 e. The van der Waals surface area contributed by atoms with Gasteiger partial charge in [0.1, 0.15) is 5.75 Å². The molecule has 0 aromatic heterocycles. The summed E-state index contributed by atoms with van der Waals surface area (Å²) in [5.41, 5.74) is 0.449. The lowest BCUT2D eigenvalue weighted by Crippen LogP contribution is -2.25. The van der Waals surface area contributed by atoms with E-state index in [4.69, 9.17) is 9.47 Å². The zero-order valence-electron chi connectivity index (χ0n) is 12.7. The molecular weight excluding hydrogens is 270 g/mol. The number of esters is 1. The number of methoxy groups -OCH3 is 1. The predicted octanol–water partition coefficient (Wildman–Crippen LogP) is 3.15. The molecule has 0 bridgehead atoms. The number of rotatable bonds is 8. The number of ether oxygens (including phenoxy) is 2. The first-order chi connectivity index (χ1) is 10.2. The number of anilines is 1. The third-order valence-electron chi connectivity index (χ3n) is 3.02. The van der Waals surface area contributed by atoms with E-state index in [2.05, 4.69) is 12.2 Å². The average molecular weight is 293 g/mol. The molecule has 21 heavy (non-hydrogen) atoms. The van der Waals surface area contributed by atoms with Crippen LogP contribution in [0.1, 0.15) is 39.0 Å². The first kappa shape index (κ1) is 17.0. The van der Waals surface area contributed by atoms with Crippen molar-refractivity contribution in [2.45, 2.75) is 39.0 Å². The van der Waals surface area contributed by atoms with Crippen LogP contribution in [0.2, 0.25) is 0 Å². The minimum atomic E-state index is -0.864. The maximum absolute atomic E-state index is 11.7. The zero-order chi connectivity index (χ0) is 15.5. The van der Waals surface area contributed by atoms with Gasteiger partial charge in [-0.1, -0.05) is 44.7 Å². The van der Waals surface area contributed by atoms with Crippen LogP contribution in [0.25, 0.3) is 0 Å². The molecule has 0 heterocycles. The molecule has 0 aliphatic heterocycles. The molecule has 116 valence electrons. The second-order valence-corrected chi connectivity index (χ2v) is 4.70. The highest BCUT2D eigenvalue weighted by molar-refractivity contribution is 6.37. The van der Waals surface area contributed by atoms with Gasteiger partial charge in [0.05, 0.1) is 19.4 Å². The summed E-state index contributed by atoms with van der Waals surface area (Å²) in [6, 6.07) is 6.89. The van der Waals surface area contributed by atoms with E-state index in [-0.39, 0.29) is 6.61 Å². The Labute approximate surface area is 125 Å². The Kier molecular flexibility index (Phi) is 7.94. The van der Waals surface area contributed by atoms with Gasteiger partial charge >= 0.3 is 11.9 Å². The van der Waals surface area contributed by atoms with Gasteiger partial charge in [-0.15, -0.1) is 0 Å². The van der Waals surface area contributed by atoms with Gasteiger partial charge in [0, 0.05) is 0 Å². The minimum Gasteiger partial charge on any atom is -0.495 e. The number of amides is 1. The van der Waals surface area contributed by atoms with Gasteiger partial charge in [0.25, 0.3) is 0 Å². The van der Waals surface area contributed by atoms with Gasteiger partial charge in [-0.3, -0.25) is 4.79 Å². The second kappa shape index (κ2) is 9.80. The molecule has 0 aliphatic rings. The highest BCUT2D eigenvalue weighted by Gasteiger charge is 2.16. The monoisotopic (exact) mass is 293 g/mol. The number of carbonyl (C=O) groups excluding carboxylic acids is 2. The number of unbranched alkanes of at least 4 members (excludes halogenated alkanes) is 4. The van der Waals surface area contributed by atoms with Crippen molar-refractivity contribution in [3.05, 3.63) is 24.3 Å². The molecule has 0 radical (unpaired) electrons. The quantitative estimate of drug-likeness (QED) is 0.454. The van der Waals surface area contributed by atoms with Crippen LogP contribution in [0.4, 0.5) is 5.69 Å². The Morgan fingerprint density at radius 1 is 1.10 bits per heavy atom. The SMILES string of the molecule is CCCCCCCOC(=O)C(=O)Nc1ccccc1OC. The van der Waals surface area contributed by atoms with Gasteiger partial charge in [0.15, 0.2) is 0 Å². The molecule has 0 saturated heterocycles. The Morgan fingerprint density at radius 2 is 1.81 bits per heavy atom. The predicted molar refractivity (Wildman–Crippen MR) is 81.3 cm³/mol. The van der Waals surface area contributed by atoms with Crippen LogP contribution in [0.3, 0.4) is 0 Å². The molecule has 5 nitrogen and oxygen atoms in total. The minimum absolute atomic E-state index is 0.280. The Balaban J connectivity index is 2.32. The van der Waals surface area contributed by atoms with E-state index in [1.54, 1.807) is 24.3 Å². The molecule has 0 spiro atoms. The average Bonchev–Trinajstić information content (AvgIpc) is 2.51. The number of benzene rings is 1. The largest absolute Gasteiger partial charge is 0.495 e. The topological polar surface area (TPSA) is 64.6 Å². The molecule has 1 N–H and O–H groups in total. The third kappa shape index (κ3) is 6.29. The first-order valence-electron chi connectivity index (χ1n) is 7.30. The molecule has 1 rings (SSSR count). The molecule has 5 heteroatoms. The van der Waals surface area contributed by atoms with Crippen LogP contribution in [0.5, 0.6) is 5.75 Å². The number of nitrogens with one attached hydrogen (secondary N) is 1. The van der Waals surface area contributed by atoms with Crippen LogP contribution >= 0.6 is 0 Å². The van der Waals surface area contributed by atoms with Gasteiger partial charge in [-0.05, 0) is 18.6 Å². The summed E-state index contributed by atoms with van der Waals surface area (Å²) in [6.07, 6.45) is 5.27. The van der Waals surface area contributed by atoms with Crippen molar-refractivity contribution in [2.75, 3.05) is 19.0 Å². The molecule has 1 aromatic rings. The molecular formula is C16H23NO4. The van der Waals surface area contributed by atoms with Crippen molar-refractivity contribution in [1.29, 1.82) is 0 Å². The molecule has 0 unspecified atom stereocenters. The summed E-state index contributed by atoms with van der Waals surface area (Å²) in [7, 11) is 1.50. The van der Waals surface area contributed by atoms with Crippen molar-refractivity contribution in [1.82, 2.24) is 0 Å². The number of carbonyl (C=O) groups is 2. The van der Waals surface area contributed by atoms with Gasteiger partial charge < -0.3 is 14.8 Å². The number of hydrogen-bond acceptors (Lipinski definition) is 4. The van der Waals surface area contributed by atoms with Gasteiger partial charge in [-0.25, -0.2) is 4.79 Å². The maximum Gasteiger partial charge on any atom is 0.397 e. The summed E-state index contributed by atoms with van der Waals surface area (Å²) in [4.78, 5) is 23.3. The third-order valence-corrected chi connectivity index (χ3v) is 3.02. The number of para-hydroxylation sites is 2. The summed E-state index contributed by atoms with van der Waals surface area (Å²) in [5, 5.41) is 2.48.